The molecule has 15 heavy (non-hydrogen) atoms. The summed E-state index contributed by atoms with van der Waals surface area (Å²) in [5, 5.41) is 7.88. The molecule has 0 N–H and O–H groups in total. The molecule has 0 saturated heterocycles. The van der Waals surface area contributed by atoms with Gasteiger partial charge < -0.3 is 0 Å². The van der Waals surface area contributed by atoms with E-state index in [4.69, 9.17) is 16.9 Å². The van der Waals surface area contributed by atoms with E-state index >= 15 is 0 Å². The zero-order valence-corrected chi connectivity index (χ0v) is 8.10. The van der Waals surface area contributed by atoms with Gasteiger partial charge in [0.15, 0.2) is 0 Å². The number of benzene rings is 1. The second kappa shape index (κ2) is 4.37. The Morgan fingerprint density at radius 1 is 1.33 bits per heavy atom. The van der Waals surface area contributed by atoms with Gasteiger partial charge in [0, 0.05) is 6.08 Å². The first-order valence-corrected chi connectivity index (χ1v) is 4.26. The summed E-state index contributed by atoms with van der Waals surface area (Å²) >= 11 is 5.41. The number of nitrogens with zero attached hydrogens (tertiary/aromatic N) is 1. The molecule has 0 aliphatic carbocycles. The first-order valence-electron chi connectivity index (χ1n) is 3.88. The third-order valence-electron chi connectivity index (χ3n) is 1.65. The molecule has 1 aromatic rings. The van der Waals surface area contributed by atoms with Gasteiger partial charge in [-0.2, -0.15) is 18.4 Å². The van der Waals surface area contributed by atoms with E-state index in [2.05, 4.69) is 0 Å². The average molecular weight is 232 g/mol. The highest BCUT2D eigenvalue weighted by Crippen LogP contribution is 2.35. The minimum atomic E-state index is -4.48. The molecule has 5 heteroatoms. The van der Waals surface area contributed by atoms with E-state index in [0.29, 0.717) is 0 Å². The van der Waals surface area contributed by atoms with Crippen molar-refractivity contribution in [3.05, 3.63) is 40.4 Å². The van der Waals surface area contributed by atoms with E-state index in [9.17, 15) is 13.2 Å². The Hall–Kier alpha value is -1.47. The number of alkyl halides is 3. The lowest BCUT2D eigenvalue weighted by atomic mass is 10.1. The summed E-state index contributed by atoms with van der Waals surface area (Å²) in [6.07, 6.45) is -2.09. The number of nitriles is 1. The quantitative estimate of drug-likeness (QED) is 0.673. The highest BCUT2D eigenvalue weighted by molar-refractivity contribution is 6.31. The Kier molecular flexibility index (Phi) is 3.38. The maximum absolute atomic E-state index is 12.4. The fourth-order valence-electron chi connectivity index (χ4n) is 0.997. The van der Waals surface area contributed by atoms with Gasteiger partial charge >= 0.3 is 6.18 Å². The van der Waals surface area contributed by atoms with Gasteiger partial charge in [-0.15, -0.1) is 0 Å². The Labute approximate surface area is 89.4 Å². The van der Waals surface area contributed by atoms with Crippen LogP contribution < -0.4 is 0 Å². The van der Waals surface area contributed by atoms with Crippen molar-refractivity contribution in [2.24, 2.45) is 0 Å². The zero-order valence-electron chi connectivity index (χ0n) is 7.35. The van der Waals surface area contributed by atoms with Crippen LogP contribution in [0, 0.1) is 11.3 Å². The lowest BCUT2D eigenvalue weighted by Crippen LogP contribution is -2.05. The van der Waals surface area contributed by atoms with Crippen LogP contribution in [0.25, 0.3) is 6.08 Å². The number of allylic oxidation sites excluding steroid dienone is 1. The van der Waals surface area contributed by atoms with Crippen molar-refractivity contribution in [2.45, 2.75) is 6.18 Å². The van der Waals surface area contributed by atoms with E-state index in [1.54, 1.807) is 6.07 Å². The maximum Gasteiger partial charge on any atom is 0.417 e. The van der Waals surface area contributed by atoms with Crippen molar-refractivity contribution in [3.63, 3.8) is 0 Å². The second-order valence-electron chi connectivity index (χ2n) is 2.70. The standard InChI is InChI=1S/C10H5ClF3N/c11-9-4-3-7(2-1-5-15)6-8(9)10(12,13)14/h1-4,6H/b2-1+. The third kappa shape index (κ3) is 3.00. The van der Waals surface area contributed by atoms with Gasteiger partial charge in [0.25, 0.3) is 0 Å². The first kappa shape index (κ1) is 11.6. The van der Waals surface area contributed by atoms with Crippen LogP contribution in [0.3, 0.4) is 0 Å². The smallest absolute Gasteiger partial charge is 0.193 e. The number of hydrogen-bond acceptors (Lipinski definition) is 1. The molecular weight excluding hydrogens is 227 g/mol. The molecule has 0 aromatic heterocycles. The normalized spacial score (nSPS) is 11.7. The van der Waals surface area contributed by atoms with E-state index < -0.39 is 11.7 Å². The minimum Gasteiger partial charge on any atom is -0.193 e. The molecule has 0 unspecified atom stereocenters. The molecule has 0 atom stereocenters. The lowest BCUT2D eigenvalue weighted by molar-refractivity contribution is -0.137. The van der Waals surface area contributed by atoms with Crippen molar-refractivity contribution in [3.8, 4) is 6.07 Å². The molecule has 0 saturated carbocycles. The van der Waals surface area contributed by atoms with E-state index in [0.717, 1.165) is 18.2 Å². The Balaban J connectivity index is 3.18. The van der Waals surface area contributed by atoms with Crippen molar-refractivity contribution < 1.29 is 13.2 Å². The second-order valence-corrected chi connectivity index (χ2v) is 3.11. The summed E-state index contributed by atoms with van der Waals surface area (Å²) in [5.74, 6) is 0. The van der Waals surface area contributed by atoms with Crippen LogP contribution >= 0.6 is 11.6 Å². The summed E-state index contributed by atoms with van der Waals surface area (Å²) in [6.45, 7) is 0. The Morgan fingerprint density at radius 3 is 2.53 bits per heavy atom. The predicted octanol–water partition coefficient (Wildman–Crippen LogP) is 3.90. The van der Waals surface area contributed by atoms with Crippen molar-refractivity contribution in [2.75, 3.05) is 0 Å². The summed E-state index contributed by atoms with van der Waals surface area (Å²) in [4.78, 5) is 0. The summed E-state index contributed by atoms with van der Waals surface area (Å²) in [7, 11) is 0. The monoisotopic (exact) mass is 231 g/mol. The van der Waals surface area contributed by atoms with E-state index in [1.807, 2.05) is 0 Å². The van der Waals surface area contributed by atoms with Crippen LogP contribution in [-0.4, -0.2) is 0 Å². The fraction of sp³-hybridized carbons (Fsp3) is 0.100. The summed E-state index contributed by atoms with van der Waals surface area (Å²) in [5.41, 5.74) is -0.613. The van der Waals surface area contributed by atoms with Gasteiger partial charge in [-0.3, -0.25) is 0 Å². The molecule has 0 fully saturated rings. The van der Waals surface area contributed by atoms with E-state index in [1.165, 1.54) is 12.1 Å². The number of hydrogen-bond donors (Lipinski definition) is 0. The molecule has 0 amide bonds. The van der Waals surface area contributed by atoms with Crippen LogP contribution in [0.5, 0.6) is 0 Å². The number of halogens is 4. The van der Waals surface area contributed by atoms with Crippen molar-refractivity contribution in [1.29, 1.82) is 5.26 Å². The van der Waals surface area contributed by atoms with Crippen molar-refractivity contribution >= 4 is 17.7 Å². The molecule has 0 aliphatic heterocycles. The summed E-state index contributed by atoms with van der Waals surface area (Å²) in [6, 6.07) is 5.16. The number of rotatable bonds is 1. The third-order valence-corrected chi connectivity index (χ3v) is 1.98. The van der Waals surface area contributed by atoms with Gasteiger partial charge in [0.05, 0.1) is 16.7 Å². The highest BCUT2D eigenvalue weighted by atomic mass is 35.5. The average Bonchev–Trinajstić information content (AvgIpc) is 2.15. The molecule has 0 aliphatic rings. The van der Waals surface area contributed by atoms with Crippen LogP contribution in [0.15, 0.2) is 24.3 Å². The Morgan fingerprint density at radius 2 is 2.00 bits per heavy atom. The molecule has 1 aromatic carbocycles. The van der Waals surface area contributed by atoms with Crippen LogP contribution in [0.1, 0.15) is 11.1 Å². The molecule has 0 spiro atoms. The van der Waals surface area contributed by atoms with Gasteiger partial charge in [-0.1, -0.05) is 17.7 Å². The lowest BCUT2D eigenvalue weighted by Gasteiger charge is -2.09. The van der Waals surface area contributed by atoms with Gasteiger partial charge in [0.2, 0.25) is 0 Å². The Bertz CT molecular complexity index is 429. The van der Waals surface area contributed by atoms with Gasteiger partial charge in [-0.05, 0) is 23.8 Å². The SMILES string of the molecule is N#C/C=C/c1ccc(Cl)c(C(F)(F)F)c1. The zero-order chi connectivity index (χ0) is 11.5. The molecule has 0 radical (unpaired) electrons. The predicted molar refractivity (Wildman–Crippen MR) is 51.1 cm³/mol. The maximum atomic E-state index is 12.4. The topological polar surface area (TPSA) is 23.8 Å². The molecule has 1 nitrogen and oxygen atoms in total. The van der Waals surface area contributed by atoms with Gasteiger partial charge in [-0.25, -0.2) is 0 Å². The molecule has 0 heterocycles. The van der Waals surface area contributed by atoms with Gasteiger partial charge in [0.1, 0.15) is 0 Å². The fourth-order valence-corrected chi connectivity index (χ4v) is 1.22. The van der Waals surface area contributed by atoms with Crippen molar-refractivity contribution in [1.82, 2.24) is 0 Å². The van der Waals surface area contributed by atoms with Crippen LogP contribution in [-0.2, 0) is 6.18 Å². The highest BCUT2D eigenvalue weighted by Gasteiger charge is 2.33. The largest absolute Gasteiger partial charge is 0.417 e. The van der Waals surface area contributed by atoms with Crippen LogP contribution in [0.4, 0.5) is 13.2 Å². The molecule has 78 valence electrons. The summed E-state index contributed by atoms with van der Waals surface area (Å²) < 4.78 is 37.1. The minimum absolute atomic E-state index is 0.285. The molecule has 1 rings (SSSR count). The molecular formula is C10H5ClF3N. The van der Waals surface area contributed by atoms with E-state index in [-0.39, 0.29) is 10.6 Å². The molecule has 0 bridgehead atoms. The van der Waals surface area contributed by atoms with Crippen LogP contribution in [0.2, 0.25) is 5.02 Å². The first-order chi connectivity index (χ1) is 6.95.